The van der Waals surface area contributed by atoms with Crippen molar-refractivity contribution >= 4 is 122 Å². The molecule has 0 radical (unpaired) electrons. The Hall–Kier alpha value is -11.9. The van der Waals surface area contributed by atoms with Gasteiger partial charge in [0, 0.05) is 88.7 Å². The van der Waals surface area contributed by atoms with Gasteiger partial charge in [-0.2, -0.15) is 0 Å². The van der Waals surface area contributed by atoms with E-state index in [0.29, 0.717) is 0 Å². The first-order chi connectivity index (χ1) is 50.0. The van der Waals surface area contributed by atoms with Crippen LogP contribution < -0.4 is 26.2 Å². The third-order valence-electron chi connectivity index (χ3n) is 22.3. The van der Waals surface area contributed by atoms with Crippen LogP contribution in [0, 0.1) is 0 Å². The van der Waals surface area contributed by atoms with Gasteiger partial charge in [-0.25, -0.2) is 0 Å². The molecule has 0 N–H and O–H groups in total. The van der Waals surface area contributed by atoms with E-state index in [-0.39, 0.29) is 23.0 Å². The van der Waals surface area contributed by atoms with Gasteiger partial charge in [-0.3, -0.25) is 0 Å². The van der Waals surface area contributed by atoms with Gasteiger partial charge in [0.2, 0.25) is 0 Å². The van der Waals surface area contributed by atoms with E-state index in [9.17, 15) is 0 Å². The lowest BCUT2D eigenvalue weighted by atomic mass is 9.33. The first kappa shape index (κ1) is 62.1. The minimum absolute atomic E-state index is 0.0557. The molecule has 0 bridgehead atoms. The number of anilines is 6. The van der Waals surface area contributed by atoms with Crippen LogP contribution in [-0.2, 0) is 16.2 Å². The molecule has 4 nitrogen and oxygen atoms in total. The minimum atomic E-state index is -0.323. The number of rotatable bonds is 8. The van der Waals surface area contributed by atoms with Crippen LogP contribution in [-0.4, -0.2) is 15.8 Å². The lowest BCUT2D eigenvalue weighted by Crippen LogP contribution is -2.61. The van der Waals surface area contributed by atoms with Gasteiger partial charge in [0.25, 0.3) is 6.71 Å². The zero-order chi connectivity index (χ0) is 69.8. The van der Waals surface area contributed by atoms with Gasteiger partial charge in [0.1, 0.15) is 0 Å². The predicted molar refractivity (Wildman–Crippen MR) is 442 cm³/mol. The van der Waals surface area contributed by atoms with E-state index >= 15 is 0 Å². The molecule has 0 saturated heterocycles. The van der Waals surface area contributed by atoms with Gasteiger partial charge in [0.15, 0.2) is 0 Å². The summed E-state index contributed by atoms with van der Waals surface area (Å²) in [6.45, 7) is 20.9. The smallest absolute Gasteiger partial charge is 0.252 e. The Bertz CT molecular complexity index is 5810. The molecule has 5 heteroatoms. The molecule has 17 aromatic rings. The van der Waals surface area contributed by atoms with Crippen LogP contribution in [0.5, 0.6) is 0 Å². The maximum Gasteiger partial charge on any atom is 0.252 e. The van der Waals surface area contributed by atoms with Crippen LogP contribution in [0.1, 0.15) is 79.0 Å². The Morgan fingerprint density at radius 3 is 0.961 bits per heavy atom. The second-order valence-electron chi connectivity index (χ2n) is 31.6. The van der Waals surface area contributed by atoms with Gasteiger partial charge >= 0.3 is 0 Å². The van der Waals surface area contributed by atoms with Crippen molar-refractivity contribution in [3.8, 4) is 55.9 Å². The summed E-state index contributed by atoms with van der Waals surface area (Å²) < 4.78 is 5.17. The molecule has 0 unspecified atom stereocenters. The minimum Gasteiger partial charge on any atom is -0.310 e. The molecule has 0 spiro atoms. The lowest BCUT2D eigenvalue weighted by molar-refractivity contribution is 0.590. The summed E-state index contributed by atoms with van der Waals surface area (Å²) in [6.07, 6.45) is 0. The molecule has 494 valence electrons. The van der Waals surface area contributed by atoms with Crippen LogP contribution in [0.4, 0.5) is 34.1 Å². The Balaban J connectivity index is 0.988. The molecule has 2 aromatic heterocycles. The fourth-order valence-electron chi connectivity index (χ4n) is 17.2. The van der Waals surface area contributed by atoms with Gasteiger partial charge in [0.05, 0.1) is 33.4 Å². The Morgan fingerprint density at radius 1 is 0.252 bits per heavy atom. The second-order valence-corrected chi connectivity index (χ2v) is 31.6. The molecule has 103 heavy (non-hydrogen) atoms. The van der Waals surface area contributed by atoms with E-state index in [4.69, 9.17) is 0 Å². The van der Waals surface area contributed by atoms with E-state index in [2.05, 4.69) is 397 Å². The monoisotopic (exact) mass is 1320 g/mol. The van der Waals surface area contributed by atoms with Gasteiger partial charge in [-0.15, -0.1) is 0 Å². The van der Waals surface area contributed by atoms with Crippen LogP contribution >= 0.6 is 0 Å². The first-order valence-corrected chi connectivity index (χ1v) is 36.5. The molecular formula is C98H79BN4. The average molecular weight is 1320 g/mol. The first-order valence-electron chi connectivity index (χ1n) is 36.5. The van der Waals surface area contributed by atoms with E-state index in [1.54, 1.807) is 0 Å². The van der Waals surface area contributed by atoms with Crippen molar-refractivity contribution in [1.82, 2.24) is 9.13 Å². The highest BCUT2D eigenvalue weighted by Crippen LogP contribution is 2.55. The molecule has 4 heterocycles. The summed E-state index contributed by atoms with van der Waals surface area (Å²) in [7, 11) is 0. The summed E-state index contributed by atoms with van der Waals surface area (Å²) in [5.74, 6) is 0. The molecule has 0 amide bonds. The zero-order valence-corrected chi connectivity index (χ0v) is 59.9. The summed E-state index contributed by atoms with van der Waals surface area (Å²) in [5.41, 5.74) is 30.1. The normalized spacial score (nSPS) is 13.0. The van der Waals surface area contributed by atoms with Crippen molar-refractivity contribution in [2.45, 2.75) is 78.6 Å². The van der Waals surface area contributed by atoms with E-state index in [0.717, 1.165) is 90.0 Å². The average Bonchev–Trinajstić information content (AvgIpc) is 0.766. The van der Waals surface area contributed by atoms with Crippen molar-refractivity contribution in [1.29, 1.82) is 0 Å². The van der Waals surface area contributed by atoms with Gasteiger partial charge in [-0.1, -0.05) is 317 Å². The largest absolute Gasteiger partial charge is 0.310 e. The molecule has 15 aromatic carbocycles. The molecule has 0 atom stereocenters. The maximum absolute atomic E-state index is 2.71. The van der Waals surface area contributed by atoms with Crippen molar-refractivity contribution in [2.75, 3.05) is 9.80 Å². The summed E-state index contributed by atoms with van der Waals surface area (Å²) in [6, 6.07) is 120. The second kappa shape index (κ2) is 23.3. The van der Waals surface area contributed by atoms with Crippen molar-refractivity contribution < 1.29 is 0 Å². The molecule has 19 rings (SSSR count). The molecule has 0 aliphatic carbocycles. The Morgan fingerprint density at radius 2 is 0.602 bits per heavy atom. The molecular weight excluding hydrogens is 1240 g/mol. The number of hydrogen-bond acceptors (Lipinski definition) is 2. The quantitative estimate of drug-likeness (QED) is 0.141. The highest BCUT2D eigenvalue weighted by atomic mass is 15.2. The summed E-state index contributed by atoms with van der Waals surface area (Å²) in [4.78, 5) is 5.43. The number of benzene rings is 15. The number of hydrogen-bond donors (Lipinski definition) is 0. The third-order valence-corrected chi connectivity index (χ3v) is 22.3. The van der Waals surface area contributed by atoms with E-state index < -0.39 is 0 Å². The van der Waals surface area contributed by atoms with Gasteiger partial charge < -0.3 is 18.9 Å². The van der Waals surface area contributed by atoms with Crippen LogP contribution in [0.25, 0.3) is 121 Å². The van der Waals surface area contributed by atoms with Crippen LogP contribution in [0.15, 0.2) is 315 Å². The van der Waals surface area contributed by atoms with Crippen LogP contribution in [0.2, 0.25) is 0 Å². The highest BCUT2D eigenvalue weighted by molar-refractivity contribution is 7.00. The zero-order valence-electron chi connectivity index (χ0n) is 59.9. The molecule has 2 aliphatic rings. The molecule has 0 fully saturated rings. The summed E-state index contributed by atoms with van der Waals surface area (Å²) in [5, 5.41) is 9.87. The standard InChI is InChI=1S/C98H79BN4/c1-96(2,3)68-46-54-85-81(56-68)79-50-44-66-36-22-24-38-73(66)94(79)100(85)71-48-52-83-87(60-71)102(92-75(62-28-14-10-15-29-62)40-26-41-76(92)63-30-16-11-17-31-63)89-58-70(98(7,8)9)59-90-91(89)99(83)84-53-49-72(101-86-55-47-69(97(4,5)6)57-82(86)80-51-45-67-37-23-25-39-74(67)95(80)101)61-88(84)103(90)93-77(64-32-18-12-19-33-64)42-27-43-78(93)65-34-20-13-21-35-65/h10-61H,1-9H3. The van der Waals surface area contributed by atoms with E-state index in [1.165, 1.54) is 98.2 Å². The van der Waals surface area contributed by atoms with Crippen LogP contribution in [0.3, 0.4) is 0 Å². The predicted octanol–water partition coefficient (Wildman–Crippen LogP) is 24.8. The third kappa shape index (κ3) is 9.87. The topological polar surface area (TPSA) is 16.3 Å². The lowest BCUT2D eigenvalue weighted by Gasteiger charge is -2.46. The van der Waals surface area contributed by atoms with Gasteiger partial charge in [-0.05, 0) is 143 Å². The Labute approximate surface area is 604 Å². The van der Waals surface area contributed by atoms with Crippen molar-refractivity contribution in [2.24, 2.45) is 0 Å². The number of aromatic nitrogens is 2. The number of nitrogens with zero attached hydrogens (tertiary/aromatic N) is 4. The number of para-hydroxylation sites is 2. The maximum atomic E-state index is 2.71. The Kier molecular flexibility index (Phi) is 14.1. The van der Waals surface area contributed by atoms with Crippen molar-refractivity contribution in [3.63, 3.8) is 0 Å². The number of fused-ring (bicyclic) bond motifs is 14. The molecule has 0 saturated carbocycles. The highest BCUT2D eigenvalue weighted by Gasteiger charge is 2.46. The summed E-state index contributed by atoms with van der Waals surface area (Å²) >= 11 is 0. The van der Waals surface area contributed by atoms with E-state index in [1.807, 2.05) is 0 Å². The fraction of sp³-hybridized carbons (Fsp3) is 0.122. The van der Waals surface area contributed by atoms with Crippen molar-refractivity contribution in [3.05, 3.63) is 332 Å². The fourth-order valence-corrected chi connectivity index (χ4v) is 17.2. The SMILES string of the molecule is CC(C)(C)c1cc2c3c(c1)N(c1c(-c4ccccc4)cccc1-c1ccccc1)c1cc(-n4c5ccc(C(C)(C)C)cc5c5ccc6ccccc6c54)ccc1B3c1ccc(-n3c4ccc(C(C)(C)C)cc4c4ccc5ccccc5c43)cc1N2c1c(-c2ccccc2)cccc1-c1ccccc1. The molecule has 2 aliphatic heterocycles.